The third-order valence-corrected chi connectivity index (χ3v) is 3.74. The summed E-state index contributed by atoms with van der Waals surface area (Å²) in [6, 6.07) is 0. The average Bonchev–Trinajstić information content (AvgIpc) is 2.23. The van der Waals surface area contributed by atoms with Crippen LogP contribution in [-0.4, -0.2) is 30.7 Å². The van der Waals surface area contributed by atoms with Crippen molar-refractivity contribution in [2.45, 2.75) is 59.4 Å². The molecule has 0 spiro atoms. The van der Waals surface area contributed by atoms with Gasteiger partial charge < -0.3 is 14.6 Å². The molecule has 0 bridgehead atoms. The van der Waals surface area contributed by atoms with Crippen molar-refractivity contribution in [2.24, 2.45) is 17.8 Å². The zero-order valence-corrected chi connectivity index (χ0v) is 11.7. The van der Waals surface area contributed by atoms with Crippen LogP contribution in [0.15, 0.2) is 0 Å². The van der Waals surface area contributed by atoms with Gasteiger partial charge in [0.1, 0.15) is 0 Å². The fourth-order valence-electron chi connectivity index (χ4n) is 2.72. The second-order valence-corrected chi connectivity index (χ2v) is 5.71. The summed E-state index contributed by atoms with van der Waals surface area (Å²) in [6.45, 7) is 9.56. The molecule has 0 aromatic carbocycles. The van der Waals surface area contributed by atoms with Crippen LogP contribution in [0.4, 0.5) is 0 Å². The minimum atomic E-state index is -0.690. The van der Waals surface area contributed by atoms with Crippen molar-refractivity contribution < 1.29 is 14.6 Å². The molecule has 1 aliphatic rings. The Balaban J connectivity index is 2.31. The molecule has 1 N–H and O–H groups in total. The third kappa shape index (κ3) is 5.36. The molecule has 1 saturated carbocycles. The molecule has 3 heteroatoms. The van der Waals surface area contributed by atoms with Crippen LogP contribution < -0.4 is 0 Å². The zero-order chi connectivity index (χ0) is 12.8. The Morgan fingerprint density at radius 3 is 2.47 bits per heavy atom. The maximum Gasteiger partial charge on any atom is 0.151 e. The van der Waals surface area contributed by atoms with Gasteiger partial charge >= 0.3 is 0 Å². The minimum Gasteiger partial charge on any atom is -0.376 e. The van der Waals surface area contributed by atoms with E-state index < -0.39 is 6.29 Å². The highest BCUT2D eigenvalue weighted by Gasteiger charge is 2.31. The van der Waals surface area contributed by atoms with Crippen LogP contribution >= 0.6 is 0 Å². The summed E-state index contributed by atoms with van der Waals surface area (Å²) in [7, 11) is 0. The van der Waals surface area contributed by atoms with Crippen molar-refractivity contribution >= 4 is 0 Å². The molecule has 1 rings (SSSR count). The van der Waals surface area contributed by atoms with E-state index in [9.17, 15) is 0 Å². The second-order valence-electron chi connectivity index (χ2n) is 5.71. The smallest absolute Gasteiger partial charge is 0.151 e. The van der Waals surface area contributed by atoms with E-state index in [0.29, 0.717) is 31.2 Å². The van der Waals surface area contributed by atoms with Crippen molar-refractivity contribution in [3.05, 3.63) is 0 Å². The summed E-state index contributed by atoms with van der Waals surface area (Å²) >= 11 is 0. The second kappa shape index (κ2) is 7.34. The Hall–Kier alpha value is -0.120. The summed E-state index contributed by atoms with van der Waals surface area (Å²) < 4.78 is 11.0. The van der Waals surface area contributed by atoms with Gasteiger partial charge in [-0.15, -0.1) is 0 Å². The van der Waals surface area contributed by atoms with E-state index >= 15 is 0 Å². The lowest BCUT2D eigenvalue weighted by Crippen LogP contribution is -2.35. The van der Waals surface area contributed by atoms with Crippen LogP contribution in [0.5, 0.6) is 0 Å². The number of aliphatic hydroxyl groups excluding tert-OH is 1. The maximum absolute atomic E-state index is 8.99. The Kier molecular flexibility index (Phi) is 6.45. The van der Waals surface area contributed by atoms with E-state index in [1.807, 2.05) is 0 Å². The molecule has 0 amide bonds. The Bertz CT molecular complexity index is 204. The molecule has 3 nitrogen and oxygen atoms in total. The molecule has 17 heavy (non-hydrogen) atoms. The monoisotopic (exact) mass is 244 g/mol. The highest BCUT2D eigenvalue weighted by Crippen LogP contribution is 2.35. The van der Waals surface area contributed by atoms with E-state index in [1.165, 1.54) is 12.8 Å². The normalized spacial score (nSPS) is 31.8. The molecule has 0 radical (unpaired) electrons. The number of ether oxygens (including phenoxy) is 2. The summed E-state index contributed by atoms with van der Waals surface area (Å²) in [5.74, 6) is 2.13. The molecule has 4 atom stereocenters. The highest BCUT2D eigenvalue weighted by atomic mass is 16.6. The lowest BCUT2D eigenvalue weighted by Gasteiger charge is -2.37. The van der Waals surface area contributed by atoms with Crippen LogP contribution in [0.25, 0.3) is 0 Å². The maximum atomic E-state index is 8.99. The van der Waals surface area contributed by atoms with Gasteiger partial charge in [0.2, 0.25) is 0 Å². The van der Waals surface area contributed by atoms with Gasteiger partial charge in [0.25, 0.3) is 0 Å². The molecule has 0 saturated heterocycles. The molecule has 0 aromatic heterocycles. The first-order valence-electron chi connectivity index (χ1n) is 6.92. The average molecular weight is 244 g/mol. The summed E-state index contributed by atoms with van der Waals surface area (Å²) in [6.07, 6.45) is 3.45. The van der Waals surface area contributed by atoms with E-state index in [-0.39, 0.29) is 0 Å². The Morgan fingerprint density at radius 2 is 1.88 bits per heavy atom. The van der Waals surface area contributed by atoms with Crippen molar-refractivity contribution in [3.63, 3.8) is 0 Å². The van der Waals surface area contributed by atoms with E-state index in [1.54, 1.807) is 6.92 Å². The largest absolute Gasteiger partial charge is 0.376 e. The SMILES string of the molecule is CC(C)C1CC[C@@H](C)C[C@H]1OCCO[C@@H](C)O. The number of aliphatic hydroxyl groups is 1. The molecular weight excluding hydrogens is 216 g/mol. The molecule has 102 valence electrons. The number of hydrogen-bond donors (Lipinski definition) is 1. The molecule has 1 unspecified atom stereocenters. The van der Waals surface area contributed by atoms with Crippen LogP contribution in [-0.2, 0) is 9.47 Å². The molecule has 0 aliphatic heterocycles. The third-order valence-electron chi connectivity index (χ3n) is 3.74. The van der Waals surface area contributed by atoms with Crippen LogP contribution in [0.3, 0.4) is 0 Å². The summed E-state index contributed by atoms with van der Waals surface area (Å²) in [5.41, 5.74) is 0. The Labute approximate surface area is 105 Å². The summed E-state index contributed by atoms with van der Waals surface area (Å²) in [5, 5.41) is 8.99. The molecule has 0 heterocycles. The van der Waals surface area contributed by atoms with E-state index in [4.69, 9.17) is 14.6 Å². The van der Waals surface area contributed by atoms with Gasteiger partial charge in [-0.25, -0.2) is 0 Å². The molecular formula is C14H28O3. The molecule has 1 aliphatic carbocycles. The fraction of sp³-hybridized carbons (Fsp3) is 1.00. The van der Waals surface area contributed by atoms with Crippen LogP contribution in [0, 0.1) is 17.8 Å². The standard InChI is InChI=1S/C14H28O3/c1-10(2)13-6-5-11(3)9-14(13)17-8-7-16-12(4)15/h10-15H,5-9H2,1-4H3/t11-,12+,13?,14-/m1/s1. The summed E-state index contributed by atoms with van der Waals surface area (Å²) in [4.78, 5) is 0. The first kappa shape index (κ1) is 14.9. The van der Waals surface area contributed by atoms with Gasteiger partial charge in [0.05, 0.1) is 19.3 Å². The first-order valence-corrected chi connectivity index (χ1v) is 6.92. The van der Waals surface area contributed by atoms with Gasteiger partial charge in [0, 0.05) is 0 Å². The number of hydrogen-bond acceptors (Lipinski definition) is 3. The van der Waals surface area contributed by atoms with Gasteiger partial charge in [0.15, 0.2) is 6.29 Å². The van der Waals surface area contributed by atoms with Crippen molar-refractivity contribution in [1.29, 1.82) is 0 Å². The van der Waals surface area contributed by atoms with E-state index in [2.05, 4.69) is 20.8 Å². The Morgan fingerprint density at radius 1 is 1.18 bits per heavy atom. The topological polar surface area (TPSA) is 38.7 Å². The predicted octanol–water partition coefficient (Wildman–Crippen LogP) is 2.82. The predicted molar refractivity (Wildman–Crippen MR) is 68.7 cm³/mol. The van der Waals surface area contributed by atoms with Crippen LogP contribution in [0.2, 0.25) is 0 Å². The van der Waals surface area contributed by atoms with E-state index in [0.717, 1.165) is 12.3 Å². The minimum absolute atomic E-state index is 0.372. The lowest BCUT2D eigenvalue weighted by atomic mass is 9.75. The van der Waals surface area contributed by atoms with Crippen molar-refractivity contribution in [3.8, 4) is 0 Å². The fourth-order valence-corrected chi connectivity index (χ4v) is 2.72. The highest BCUT2D eigenvalue weighted by molar-refractivity contribution is 4.81. The van der Waals surface area contributed by atoms with Gasteiger partial charge in [-0.2, -0.15) is 0 Å². The first-order chi connectivity index (χ1) is 8.00. The van der Waals surface area contributed by atoms with Crippen molar-refractivity contribution in [1.82, 2.24) is 0 Å². The molecule has 0 aromatic rings. The van der Waals surface area contributed by atoms with Gasteiger partial charge in [-0.05, 0) is 37.5 Å². The quantitative estimate of drug-likeness (QED) is 0.577. The van der Waals surface area contributed by atoms with Gasteiger partial charge in [-0.1, -0.05) is 27.2 Å². The lowest BCUT2D eigenvalue weighted by molar-refractivity contribution is -0.118. The van der Waals surface area contributed by atoms with Gasteiger partial charge in [-0.3, -0.25) is 0 Å². The van der Waals surface area contributed by atoms with Crippen molar-refractivity contribution in [2.75, 3.05) is 13.2 Å². The number of rotatable bonds is 6. The van der Waals surface area contributed by atoms with Crippen LogP contribution in [0.1, 0.15) is 47.0 Å². The molecule has 1 fully saturated rings. The zero-order valence-electron chi connectivity index (χ0n) is 11.7.